The van der Waals surface area contributed by atoms with Crippen LogP contribution in [0.1, 0.15) is 17.3 Å². The summed E-state index contributed by atoms with van der Waals surface area (Å²) in [6, 6.07) is 22.2. The Balaban J connectivity index is 1.36. The van der Waals surface area contributed by atoms with Crippen molar-refractivity contribution in [3.05, 3.63) is 88.2 Å². The summed E-state index contributed by atoms with van der Waals surface area (Å²) >= 11 is 6.23. The summed E-state index contributed by atoms with van der Waals surface area (Å²) in [5.74, 6) is 0.241. The van der Waals surface area contributed by atoms with E-state index in [2.05, 4.69) is 31.5 Å². The Hall–Kier alpha value is -3.14. The lowest BCUT2D eigenvalue weighted by molar-refractivity contribution is -0.115. The number of ether oxygens (including phenoxy) is 1. The van der Waals surface area contributed by atoms with E-state index >= 15 is 0 Å². The summed E-state index contributed by atoms with van der Waals surface area (Å²) in [4.78, 5) is 30.8. The van der Waals surface area contributed by atoms with Gasteiger partial charge >= 0.3 is 0 Å². The van der Waals surface area contributed by atoms with Crippen molar-refractivity contribution in [1.29, 1.82) is 0 Å². The Morgan fingerprint density at radius 1 is 1.03 bits per heavy atom. The highest BCUT2D eigenvalue weighted by Crippen LogP contribution is 2.29. The van der Waals surface area contributed by atoms with Crippen LogP contribution >= 0.6 is 39.0 Å². The Morgan fingerprint density at radius 3 is 2.57 bits per heavy atom. The number of carbonyl (C=O) groups excluding carboxylic acids is 2. The maximum atomic E-state index is 12.8. The van der Waals surface area contributed by atoms with Crippen molar-refractivity contribution in [2.24, 2.45) is 0 Å². The number of carbonyl (C=O) groups is 2. The minimum atomic E-state index is -0.362. The number of nitrogens with one attached hydrogen (secondary N) is 2. The third-order valence-corrected chi connectivity index (χ3v) is 7.36. The van der Waals surface area contributed by atoms with Crippen LogP contribution in [0.15, 0.2) is 87.5 Å². The average Bonchev–Trinajstić information content (AvgIpc) is 3.33. The van der Waals surface area contributed by atoms with Gasteiger partial charge in [-0.25, -0.2) is 4.98 Å². The highest BCUT2D eigenvalue weighted by Gasteiger charge is 2.17. The zero-order valence-electron chi connectivity index (χ0n) is 18.9. The fraction of sp³-hybridized carbons (Fsp3) is 0.115. The van der Waals surface area contributed by atoms with E-state index in [1.807, 2.05) is 60.8 Å². The molecular formula is C26H22BrN3O3S2. The van der Waals surface area contributed by atoms with Crippen LogP contribution in [0.5, 0.6) is 5.75 Å². The van der Waals surface area contributed by atoms with Crippen molar-refractivity contribution in [3.63, 3.8) is 0 Å². The molecule has 1 heterocycles. The lowest BCUT2D eigenvalue weighted by atomic mass is 10.2. The molecule has 4 rings (SSSR count). The summed E-state index contributed by atoms with van der Waals surface area (Å²) in [5.41, 5.74) is 2.95. The molecule has 0 saturated carbocycles. The third kappa shape index (κ3) is 6.72. The topological polar surface area (TPSA) is 80.3 Å². The Morgan fingerprint density at radius 2 is 1.80 bits per heavy atom. The van der Waals surface area contributed by atoms with Crippen LogP contribution in [0.4, 0.5) is 10.8 Å². The normalized spacial score (nSPS) is 11.5. The van der Waals surface area contributed by atoms with Crippen LogP contribution in [-0.2, 0) is 4.79 Å². The van der Waals surface area contributed by atoms with Gasteiger partial charge in [0, 0.05) is 31.6 Å². The maximum Gasteiger partial charge on any atom is 0.255 e. The zero-order valence-corrected chi connectivity index (χ0v) is 22.2. The fourth-order valence-corrected chi connectivity index (χ4v) is 5.08. The molecular weight excluding hydrogens is 546 g/mol. The minimum Gasteiger partial charge on any atom is -0.497 e. The first-order valence-corrected chi connectivity index (χ1v) is 13.2. The van der Waals surface area contributed by atoms with E-state index in [0.717, 1.165) is 20.6 Å². The average molecular weight is 569 g/mol. The van der Waals surface area contributed by atoms with Gasteiger partial charge in [0.05, 0.1) is 18.1 Å². The van der Waals surface area contributed by atoms with Gasteiger partial charge in [0.2, 0.25) is 5.91 Å². The Labute approximate surface area is 220 Å². The van der Waals surface area contributed by atoms with E-state index in [1.54, 1.807) is 31.4 Å². The first-order valence-electron chi connectivity index (χ1n) is 10.7. The predicted octanol–water partition coefficient (Wildman–Crippen LogP) is 6.95. The van der Waals surface area contributed by atoms with Gasteiger partial charge in [0.15, 0.2) is 5.13 Å². The van der Waals surface area contributed by atoms with Crippen molar-refractivity contribution >= 4 is 61.7 Å². The van der Waals surface area contributed by atoms with Gasteiger partial charge in [-0.05, 0) is 55.5 Å². The molecule has 1 unspecified atom stereocenters. The van der Waals surface area contributed by atoms with E-state index < -0.39 is 0 Å². The molecule has 4 aromatic rings. The van der Waals surface area contributed by atoms with Crippen molar-refractivity contribution in [2.75, 3.05) is 17.7 Å². The zero-order chi connectivity index (χ0) is 24.8. The minimum absolute atomic E-state index is 0.141. The van der Waals surface area contributed by atoms with Crippen LogP contribution in [0.25, 0.3) is 11.3 Å². The number of anilines is 2. The molecule has 6 nitrogen and oxygen atoms in total. The molecule has 0 saturated heterocycles. The second-order valence-corrected chi connectivity index (χ2v) is 10.7. The summed E-state index contributed by atoms with van der Waals surface area (Å²) in [6.07, 6.45) is 0. The molecule has 2 amide bonds. The summed E-state index contributed by atoms with van der Waals surface area (Å²) in [6.45, 7) is 1.84. The number of nitrogens with zero attached hydrogens (tertiary/aromatic N) is 1. The summed E-state index contributed by atoms with van der Waals surface area (Å²) in [5, 5.41) is 7.91. The van der Waals surface area contributed by atoms with Crippen LogP contribution < -0.4 is 15.4 Å². The second kappa shape index (κ2) is 11.5. The number of thioether (sulfide) groups is 1. The highest BCUT2D eigenvalue weighted by atomic mass is 79.9. The smallest absolute Gasteiger partial charge is 0.255 e. The maximum absolute atomic E-state index is 12.8. The standard InChI is InChI=1S/C26H22BrN3O3S2/c1-16(24(31)30-26-29-23(15-34-26)17-9-11-19(27)12-10-17)35-22-8-4-6-20(14-22)28-25(32)18-5-3-7-21(13-18)33-2/h3-16H,1-2H3,(H,28,32)(H,29,30,31). The number of benzene rings is 3. The van der Waals surface area contributed by atoms with Gasteiger partial charge in [0.25, 0.3) is 5.91 Å². The molecule has 0 aliphatic carbocycles. The molecule has 3 aromatic carbocycles. The molecule has 2 N–H and O–H groups in total. The number of thiazole rings is 1. The van der Waals surface area contributed by atoms with Crippen molar-refractivity contribution in [2.45, 2.75) is 17.1 Å². The molecule has 0 spiro atoms. The summed E-state index contributed by atoms with van der Waals surface area (Å²) < 4.78 is 6.18. The predicted molar refractivity (Wildman–Crippen MR) is 147 cm³/mol. The summed E-state index contributed by atoms with van der Waals surface area (Å²) in [7, 11) is 1.56. The third-order valence-electron chi connectivity index (χ3n) is 4.98. The number of methoxy groups -OCH3 is 1. The molecule has 1 atom stereocenters. The van der Waals surface area contributed by atoms with Gasteiger partial charge < -0.3 is 15.4 Å². The number of halogens is 1. The first-order chi connectivity index (χ1) is 16.9. The molecule has 0 radical (unpaired) electrons. The van der Waals surface area contributed by atoms with E-state index in [4.69, 9.17) is 4.74 Å². The van der Waals surface area contributed by atoms with E-state index in [9.17, 15) is 9.59 Å². The largest absolute Gasteiger partial charge is 0.497 e. The van der Waals surface area contributed by atoms with Crippen molar-refractivity contribution in [3.8, 4) is 17.0 Å². The molecule has 0 aliphatic rings. The molecule has 9 heteroatoms. The number of hydrogen-bond donors (Lipinski definition) is 2. The van der Waals surface area contributed by atoms with Gasteiger partial charge in [-0.15, -0.1) is 23.1 Å². The van der Waals surface area contributed by atoms with Crippen LogP contribution in [-0.4, -0.2) is 29.2 Å². The van der Waals surface area contributed by atoms with E-state index in [-0.39, 0.29) is 17.1 Å². The number of amides is 2. The number of aromatic nitrogens is 1. The number of hydrogen-bond acceptors (Lipinski definition) is 6. The van der Waals surface area contributed by atoms with E-state index in [0.29, 0.717) is 22.1 Å². The van der Waals surface area contributed by atoms with Crippen LogP contribution in [0.3, 0.4) is 0 Å². The Kier molecular flexibility index (Phi) is 8.22. The second-order valence-electron chi connectivity index (χ2n) is 7.51. The monoisotopic (exact) mass is 567 g/mol. The highest BCUT2D eigenvalue weighted by molar-refractivity contribution is 9.10. The lowest BCUT2D eigenvalue weighted by Gasteiger charge is -2.12. The van der Waals surface area contributed by atoms with Gasteiger partial charge in [-0.2, -0.15) is 0 Å². The molecule has 178 valence electrons. The Bertz CT molecular complexity index is 1340. The van der Waals surface area contributed by atoms with E-state index in [1.165, 1.54) is 23.1 Å². The van der Waals surface area contributed by atoms with Crippen molar-refractivity contribution < 1.29 is 14.3 Å². The lowest BCUT2D eigenvalue weighted by Crippen LogP contribution is -2.22. The molecule has 1 aromatic heterocycles. The van der Waals surface area contributed by atoms with Gasteiger partial charge in [0.1, 0.15) is 5.75 Å². The molecule has 0 bridgehead atoms. The molecule has 0 aliphatic heterocycles. The molecule has 0 fully saturated rings. The van der Waals surface area contributed by atoms with Gasteiger partial charge in [-0.3, -0.25) is 9.59 Å². The van der Waals surface area contributed by atoms with Crippen molar-refractivity contribution in [1.82, 2.24) is 4.98 Å². The fourth-order valence-electron chi connectivity index (χ4n) is 3.16. The quantitative estimate of drug-likeness (QED) is 0.225. The van der Waals surface area contributed by atoms with Crippen LogP contribution in [0.2, 0.25) is 0 Å². The SMILES string of the molecule is COc1cccc(C(=O)Nc2cccc(SC(C)C(=O)Nc3nc(-c4ccc(Br)cc4)cs3)c2)c1. The van der Waals surface area contributed by atoms with Crippen LogP contribution in [0, 0.1) is 0 Å². The number of rotatable bonds is 8. The van der Waals surface area contributed by atoms with Gasteiger partial charge in [-0.1, -0.05) is 40.2 Å². The molecule has 35 heavy (non-hydrogen) atoms. The first kappa shape index (κ1) is 25.0.